The second-order valence-corrected chi connectivity index (χ2v) is 4.51. The highest BCUT2D eigenvalue weighted by Gasteiger charge is 2.14. The van der Waals surface area contributed by atoms with E-state index in [1.165, 1.54) is 0 Å². The zero-order chi connectivity index (χ0) is 14.0. The molecule has 0 amide bonds. The van der Waals surface area contributed by atoms with Crippen LogP contribution in [0.4, 0.5) is 0 Å². The lowest BCUT2D eigenvalue weighted by Gasteiger charge is -2.08. The van der Waals surface area contributed by atoms with Gasteiger partial charge in [-0.1, -0.05) is 11.6 Å². The Labute approximate surface area is 118 Å². The van der Waals surface area contributed by atoms with Gasteiger partial charge in [0.25, 0.3) is 0 Å². The summed E-state index contributed by atoms with van der Waals surface area (Å²) in [6, 6.07) is 6.88. The average Bonchev–Trinajstić information content (AvgIpc) is 2.63. The van der Waals surface area contributed by atoms with Gasteiger partial charge in [-0.3, -0.25) is 4.68 Å². The molecule has 0 bridgehead atoms. The van der Waals surface area contributed by atoms with Gasteiger partial charge in [-0.25, -0.2) is 0 Å². The Hall–Kier alpha value is -1.93. The number of halogens is 1. The molecule has 2 radical (unpaired) electrons. The van der Waals surface area contributed by atoms with Crippen LogP contribution >= 0.6 is 11.6 Å². The predicted molar refractivity (Wildman–Crippen MR) is 73.6 cm³/mol. The van der Waals surface area contributed by atoms with Crippen LogP contribution in [0.1, 0.15) is 17.0 Å². The van der Waals surface area contributed by atoms with E-state index >= 15 is 0 Å². The maximum Gasteiger partial charge on any atom is 0.170 e. The quantitative estimate of drug-likeness (QED) is 0.807. The lowest BCUT2D eigenvalue weighted by Crippen LogP contribution is -1.99. The second kappa shape index (κ2) is 5.37. The largest absolute Gasteiger partial charge is 0.453 e. The van der Waals surface area contributed by atoms with Gasteiger partial charge in [0.15, 0.2) is 5.75 Å². The van der Waals surface area contributed by atoms with Crippen molar-refractivity contribution >= 4 is 19.4 Å². The molecule has 0 spiro atoms. The summed E-state index contributed by atoms with van der Waals surface area (Å²) < 4.78 is 7.46. The molecule has 0 fully saturated rings. The lowest BCUT2D eigenvalue weighted by molar-refractivity contribution is 0.473. The number of ether oxygens (including phenoxy) is 1. The standard InChI is InChI=1S/C13H11BClN3O/c1-8-13(12(6-14)18(2)17-8)19-11-4-9(7-16)3-10(15)5-11/h3-5H,6H2,1-2H3. The molecular formula is C13H11BClN3O. The minimum atomic E-state index is 0.318. The number of nitrogens with zero attached hydrogens (tertiary/aromatic N) is 3. The van der Waals surface area contributed by atoms with Crippen LogP contribution in [0.25, 0.3) is 0 Å². The third-order valence-corrected chi connectivity index (χ3v) is 2.91. The van der Waals surface area contributed by atoms with Crippen LogP contribution in [0, 0.1) is 18.3 Å². The lowest BCUT2D eigenvalue weighted by atomic mass is 10.0. The summed E-state index contributed by atoms with van der Waals surface area (Å²) in [5.74, 6) is 1.10. The van der Waals surface area contributed by atoms with Crippen LogP contribution in [-0.4, -0.2) is 17.6 Å². The van der Waals surface area contributed by atoms with Crippen molar-refractivity contribution in [3.63, 3.8) is 0 Å². The first-order valence-corrected chi connectivity index (χ1v) is 6.04. The molecule has 2 rings (SSSR count). The summed E-state index contributed by atoms with van der Waals surface area (Å²) in [7, 11) is 7.49. The number of rotatable bonds is 3. The number of aryl methyl sites for hydroxylation is 2. The van der Waals surface area contributed by atoms with Crippen LogP contribution < -0.4 is 4.74 Å². The van der Waals surface area contributed by atoms with E-state index in [1.807, 2.05) is 13.0 Å². The third-order valence-electron chi connectivity index (χ3n) is 2.69. The molecule has 0 unspecified atom stereocenters. The molecule has 19 heavy (non-hydrogen) atoms. The average molecular weight is 272 g/mol. The molecule has 94 valence electrons. The summed E-state index contributed by atoms with van der Waals surface area (Å²) in [4.78, 5) is 0. The Kier molecular flexibility index (Phi) is 3.82. The Morgan fingerprint density at radius 3 is 2.84 bits per heavy atom. The normalized spacial score (nSPS) is 10.2. The van der Waals surface area contributed by atoms with Gasteiger partial charge in [0, 0.05) is 12.1 Å². The zero-order valence-electron chi connectivity index (χ0n) is 10.6. The fraction of sp³-hybridized carbons (Fsp3) is 0.231. The number of hydrogen-bond donors (Lipinski definition) is 0. The van der Waals surface area contributed by atoms with E-state index in [-0.39, 0.29) is 0 Å². The summed E-state index contributed by atoms with van der Waals surface area (Å²) in [5.41, 5.74) is 1.97. The summed E-state index contributed by atoms with van der Waals surface area (Å²) in [6.45, 7) is 1.84. The monoisotopic (exact) mass is 271 g/mol. The number of nitriles is 1. The van der Waals surface area contributed by atoms with Gasteiger partial charge in [0.05, 0.1) is 25.2 Å². The zero-order valence-corrected chi connectivity index (χ0v) is 11.4. The SMILES string of the molecule is [B]Cc1c(Oc2cc(Cl)cc(C#N)c2)c(C)nn1C. The van der Waals surface area contributed by atoms with Crippen molar-refractivity contribution < 1.29 is 4.74 Å². The highest BCUT2D eigenvalue weighted by molar-refractivity contribution is 6.30. The fourth-order valence-corrected chi connectivity index (χ4v) is 2.07. The fourth-order valence-electron chi connectivity index (χ4n) is 1.85. The molecule has 0 aliphatic heterocycles. The van der Waals surface area contributed by atoms with Crippen molar-refractivity contribution in [2.45, 2.75) is 13.2 Å². The number of hydrogen-bond acceptors (Lipinski definition) is 3. The highest BCUT2D eigenvalue weighted by Crippen LogP contribution is 2.30. The molecule has 0 aliphatic carbocycles. The molecule has 6 heteroatoms. The van der Waals surface area contributed by atoms with Gasteiger partial charge in [0.1, 0.15) is 11.4 Å². The molecule has 1 aromatic carbocycles. The van der Waals surface area contributed by atoms with E-state index in [1.54, 1.807) is 29.9 Å². The Bertz CT molecular complexity index is 661. The van der Waals surface area contributed by atoms with Crippen molar-refractivity contribution in [2.24, 2.45) is 7.05 Å². The summed E-state index contributed by atoms with van der Waals surface area (Å²) >= 11 is 5.94. The van der Waals surface area contributed by atoms with Gasteiger partial charge >= 0.3 is 0 Å². The van der Waals surface area contributed by atoms with E-state index in [4.69, 9.17) is 29.4 Å². The van der Waals surface area contributed by atoms with Crippen LogP contribution in [0.3, 0.4) is 0 Å². The first-order chi connectivity index (χ1) is 9.05. The number of aromatic nitrogens is 2. The highest BCUT2D eigenvalue weighted by atomic mass is 35.5. The molecule has 0 N–H and O–H groups in total. The maximum absolute atomic E-state index is 8.91. The smallest absolute Gasteiger partial charge is 0.170 e. The van der Waals surface area contributed by atoms with E-state index in [9.17, 15) is 0 Å². The van der Waals surface area contributed by atoms with Crippen LogP contribution in [0.5, 0.6) is 11.5 Å². The van der Waals surface area contributed by atoms with E-state index in [2.05, 4.69) is 5.10 Å². The first kappa shape index (κ1) is 13.5. The van der Waals surface area contributed by atoms with Gasteiger partial charge in [-0.2, -0.15) is 10.4 Å². The molecular weight excluding hydrogens is 260 g/mol. The minimum Gasteiger partial charge on any atom is -0.453 e. The van der Waals surface area contributed by atoms with Crippen LogP contribution in [-0.2, 0) is 13.4 Å². The van der Waals surface area contributed by atoms with Crippen molar-refractivity contribution in [1.82, 2.24) is 9.78 Å². The van der Waals surface area contributed by atoms with E-state index < -0.39 is 0 Å². The molecule has 0 saturated heterocycles. The number of benzene rings is 1. The van der Waals surface area contributed by atoms with E-state index in [0.717, 1.165) is 11.4 Å². The summed E-state index contributed by atoms with van der Waals surface area (Å²) in [5, 5.41) is 13.6. The van der Waals surface area contributed by atoms with Crippen molar-refractivity contribution in [2.75, 3.05) is 0 Å². The van der Waals surface area contributed by atoms with Crippen molar-refractivity contribution in [1.29, 1.82) is 5.26 Å². The van der Waals surface area contributed by atoms with Gasteiger partial charge < -0.3 is 4.74 Å². The summed E-state index contributed by atoms with van der Waals surface area (Å²) in [6.07, 6.45) is 0.318. The van der Waals surface area contributed by atoms with Gasteiger partial charge in [-0.05, 0) is 31.4 Å². The molecule has 0 atom stereocenters. The van der Waals surface area contributed by atoms with Crippen LogP contribution in [0.15, 0.2) is 18.2 Å². The second-order valence-electron chi connectivity index (χ2n) is 4.08. The maximum atomic E-state index is 8.91. The third kappa shape index (κ3) is 2.74. The Morgan fingerprint density at radius 2 is 2.21 bits per heavy atom. The van der Waals surface area contributed by atoms with Gasteiger partial charge in [0.2, 0.25) is 0 Å². The predicted octanol–water partition coefficient (Wildman–Crippen LogP) is 2.71. The molecule has 2 aromatic rings. The van der Waals surface area contributed by atoms with Crippen molar-refractivity contribution in [3.8, 4) is 17.6 Å². The van der Waals surface area contributed by atoms with E-state index in [0.29, 0.717) is 28.4 Å². The molecule has 1 heterocycles. The Balaban J connectivity index is 2.42. The first-order valence-electron chi connectivity index (χ1n) is 5.66. The molecule has 4 nitrogen and oxygen atoms in total. The topological polar surface area (TPSA) is 50.8 Å². The molecule has 0 aliphatic rings. The van der Waals surface area contributed by atoms with Crippen molar-refractivity contribution in [3.05, 3.63) is 40.2 Å². The molecule has 0 saturated carbocycles. The van der Waals surface area contributed by atoms with Gasteiger partial charge in [-0.15, -0.1) is 0 Å². The Morgan fingerprint density at radius 1 is 1.47 bits per heavy atom. The molecule has 1 aromatic heterocycles. The minimum absolute atomic E-state index is 0.318. The van der Waals surface area contributed by atoms with Crippen LogP contribution in [0.2, 0.25) is 5.02 Å².